The molecule has 1 saturated heterocycles. The summed E-state index contributed by atoms with van der Waals surface area (Å²) in [6.07, 6.45) is 0.0719. The second-order valence-corrected chi connectivity index (χ2v) is 7.20. The standard InChI is InChI=1S/C19H18FN7O4/c20-11-3-1-10(2-4-11)5-26-6-12(24-25-26)14-15-18(22-8-21-14)27(9-23-15)19-17(30)16(29)13(7-28)31-19/h1-4,6,8-9,13,16-17,19,28-30H,5,7H2/t13-,16-,17-,19-/m1/s1. The van der Waals surface area contributed by atoms with Crippen LogP contribution in [0.25, 0.3) is 22.6 Å². The number of hydrogen-bond donors (Lipinski definition) is 3. The molecule has 160 valence electrons. The van der Waals surface area contributed by atoms with E-state index in [0.717, 1.165) is 5.56 Å². The highest BCUT2D eigenvalue weighted by molar-refractivity contribution is 5.85. The van der Waals surface area contributed by atoms with E-state index in [1.165, 1.54) is 29.4 Å². The number of rotatable bonds is 5. The molecule has 4 aromatic rings. The number of ether oxygens (including phenoxy) is 1. The number of imidazole rings is 1. The second-order valence-electron chi connectivity index (χ2n) is 7.20. The number of fused-ring (bicyclic) bond motifs is 1. The van der Waals surface area contributed by atoms with Crippen molar-refractivity contribution in [1.29, 1.82) is 0 Å². The summed E-state index contributed by atoms with van der Waals surface area (Å²) in [5, 5.41) is 37.9. The topological polar surface area (TPSA) is 144 Å². The molecular weight excluding hydrogens is 409 g/mol. The number of aliphatic hydroxyl groups excluding tert-OH is 3. The lowest BCUT2D eigenvalue weighted by Crippen LogP contribution is -2.33. The first kappa shape index (κ1) is 19.6. The fraction of sp³-hybridized carbons (Fsp3) is 0.316. The normalized spacial score (nSPS) is 23.6. The maximum atomic E-state index is 13.1. The molecule has 31 heavy (non-hydrogen) atoms. The number of nitrogens with zero attached hydrogens (tertiary/aromatic N) is 7. The largest absolute Gasteiger partial charge is 0.394 e. The van der Waals surface area contributed by atoms with Crippen LogP contribution in [0, 0.1) is 5.82 Å². The van der Waals surface area contributed by atoms with E-state index >= 15 is 0 Å². The van der Waals surface area contributed by atoms with Crippen LogP contribution in [0.1, 0.15) is 11.8 Å². The van der Waals surface area contributed by atoms with E-state index in [1.54, 1.807) is 23.0 Å². The van der Waals surface area contributed by atoms with E-state index in [2.05, 4.69) is 25.3 Å². The fourth-order valence-corrected chi connectivity index (χ4v) is 3.60. The molecule has 0 saturated carbocycles. The van der Waals surface area contributed by atoms with Crippen molar-refractivity contribution in [1.82, 2.24) is 34.5 Å². The van der Waals surface area contributed by atoms with Gasteiger partial charge in [-0.3, -0.25) is 4.57 Å². The number of aromatic nitrogens is 7. The Hall–Kier alpha value is -3.32. The van der Waals surface area contributed by atoms with Crippen LogP contribution in [-0.2, 0) is 11.3 Å². The summed E-state index contributed by atoms with van der Waals surface area (Å²) in [4.78, 5) is 12.8. The molecule has 3 N–H and O–H groups in total. The van der Waals surface area contributed by atoms with Crippen molar-refractivity contribution < 1.29 is 24.4 Å². The minimum absolute atomic E-state index is 0.309. The van der Waals surface area contributed by atoms with Crippen molar-refractivity contribution in [2.45, 2.75) is 31.1 Å². The smallest absolute Gasteiger partial charge is 0.166 e. The first-order valence-electron chi connectivity index (χ1n) is 9.50. The van der Waals surface area contributed by atoms with E-state index in [4.69, 9.17) is 4.74 Å². The average Bonchev–Trinajstić information content (AvgIpc) is 3.48. The number of halogens is 1. The summed E-state index contributed by atoms with van der Waals surface area (Å²) in [7, 11) is 0. The Morgan fingerprint density at radius 2 is 1.87 bits per heavy atom. The van der Waals surface area contributed by atoms with Gasteiger partial charge in [0.05, 0.1) is 25.7 Å². The number of hydrogen-bond acceptors (Lipinski definition) is 9. The number of aliphatic hydroxyl groups is 3. The fourth-order valence-electron chi connectivity index (χ4n) is 3.60. The van der Waals surface area contributed by atoms with Gasteiger partial charge < -0.3 is 20.1 Å². The van der Waals surface area contributed by atoms with Gasteiger partial charge in [-0.25, -0.2) is 24.0 Å². The lowest BCUT2D eigenvalue weighted by Gasteiger charge is -2.16. The monoisotopic (exact) mass is 427 g/mol. The minimum Gasteiger partial charge on any atom is -0.394 e. The van der Waals surface area contributed by atoms with Crippen molar-refractivity contribution in [2.24, 2.45) is 0 Å². The summed E-state index contributed by atoms with van der Waals surface area (Å²) in [5.74, 6) is -0.309. The van der Waals surface area contributed by atoms with Gasteiger partial charge >= 0.3 is 0 Å². The molecule has 0 aliphatic carbocycles. The molecule has 0 spiro atoms. The second kappa shape index (κ2) is 7.74. The summed E-state index contributed by atoms with van der Waals surface area (Å²) >= 11 is 0. The van der Waals surface area contributed by atoms with Crippen molar-refractivity contribution in [3.63, 3.8) is 0 Å². The van der Waals surface area contributed by atoms with E-state index in [-0.39, 0.29) is 5.82 Å². The highest BCUT2D eigenvalue weighted by Gasteiger charge is 2.44. The van der Waals surface area contributed by atoms with E-state index in [1.807, 2.05) is 0 Å². The van der Waals surface area contributed by atoms with E-state index in [9.17, 15) is 19.7 Å². The molecule has 0 bridgehead atoms. The van der Waals surface area contributed by atoms with Crippen LogP contribution in [0.4, 0.5) is 4.39 Å². The van der Waals surface area contributed by atoms with Crippen LogP contribution >= 0.6 is 0 Å². The van der Waals surface area contributed by atoms with Gasteiger partial charge in [-0.15, -0.1) is 5.10 Å². The zero-order chi connectivity index (χ0) is 21.5. The predicted molar refractivity (Wildman–Crippen MR) is 103 cm³/mol. The van der Waals surface area contributed by atoms with Gasteiger partial charge in [0.25, 0.3) is 0 Å². The SMILES string of the molecule is OC[C@H]1O[C@@H](n2cnc3c(-c4cn(Cc5ccc(F)cc5)nn4)ncnc32)[C@H](O)[C@@H]1O. The quantitative estimate of drug-likeness (QED) is 0.397. The zero-order valence-electron chi connectivity index (χ0n) is 16.0. The minimum atomic E-state index is -1.26. The Morgan fingerprint density at radius 3 is 2.61 bits per heavy atom. The maximum Gasteiger partial charge on any atom is 0.166 e. The molecule has 1 aliphatic heterocycles. The first-order chi connectivity index (χ1) is 15.0. The van der Waals surface area contributed by atoms with Gasteiger partial charge in [-0.05, 0) is 17.7 Å². The Kier molecular flexibility index (Phi) is 4.90. The predicted octanol–water partition coefficient (Wildman–Crippen LogP) is -0.116. The van der Waals surface area contributed by atoms with Crippen molar-refractivity contribution >= 4 is 11.2 Å². The van der Waals surface area contributed by atoms with E-state index in [0.29, 0.717) is 29.1 Å². The molecule has 1 fully saturated rings. The third kappa shape index (κ3) is 3.45. The highest BCUT2D eigenvalue weighted by atomic mass is 19.1. The highest BCUT2D eigenvalue weighted by Crippen LogP contribution is 2.32. The lowest BCUT2D eigenvalue weighted by molar-refractivity contribution is -0.0511. The van der Waals surface area contributed by atoms with Crippen molar-refractivity contribution in [3.8, 4) is 11.4 Å². The summed E-state index contributed by atoms with van der Waals surface area (Å²) in [6, 6.07) is 6.10. The Morgan fingerprint density at radius 1 is 1.06 bits per heavy atom. The summed E-state index contributed by atoms with van der Waals surface area (Å²) in [5.41, 5.74) is 2.53. The molecule has 0 amide bonds. The number of benzene rings is 1. The molecular formula is C19H18FN7O4. The maximum absolute atomic E-state index is 13.1. The zero-order valence-corrected chi connectivity index (χ0v) is 16.0. The van der Waals surface area contributed by atoms with Gasteiger partial charge in [-0.2, -0.15) is 0 Å². The van der Waals surface area contributed by atoms with Crippen LogP contribution < -0.4 is 0 Å². The van der Waals surface area contributed by atoms with Crippen molar-refractivity contribution in [2.75, 3.05) is 6.61 Å². The molecule has 1 aromatic carbocycles. The van der Waals surface area contributed by atoms with Gasteiger partial charge in [0.15, 0.2) is 11.9 Å². The molecule has 0 unspecified atom stereocenters. The molecule has 1 aliphatic rings. The molecule has 4 heterocycles. The van der Waals surface area contributed by atoms with E-state index < -0.39 is 31.1 Å². The van der Waals surface area contributed by atoms with Crippen LogP contribution in [0.5, 0.6) is 0 Å². The van der Waals surface area contributed by atoms with Crippen molar-refractivity contribution in [3.05, 3.63) is 54.5 Å². The lowest BCUT2D eigenvalue weighted by atomic mass is 10.1. The Balaban J connectivity index is 1.46. The Labute approximate surface area is 174 Å². The molecule has 4 atom stereocenters. The molecule has 3 aromatic heterocycles. The first-order valence-corrected chi connectivity index (χ1v) is 9.50. The Bertz CT molecular complexity index is 1210. The summed E-state index contributed by atoms with van der Waals surface area (Å²) in [6.45, 7) is -0.0305. The van der Waals surface area contributed by atoms with Crippen LogP contribution in [0.3, 0.4) is 0 Å². The van der Waals surface area contributed by atoms with Gasteiger partial charge in [0.2, 0.25) is 0 Å². The third-order valence-electron chi connectivity index (χ3n) is 5.19. The molecule has 11 nitrogen and oxygen atoms in total. The van der Waals surface area contributed by atoms with Crippen LogP contribution in [-0.4, -0.2) is 74.8 Å². The summed E-state index contributed by atoms with van der Waals surface area (Å²) < 4.78 is 21.7. The third-order valence-corrected chi connectivity index (χ3v) is 5.19. The molecule has 12 heteroatoms. The average molecular weight is 427 g/mol. The molecule has 5 rings (SSSR count). The van der Waals surface area contributed by atoms with Crippen LogP contribution in [0.2, 0.25) is 0 Å². The van der Waals surface area contributed by atoms with Gasteiger partial charge in [0.1, 0.15) is 47.4 Å². The van der Waals surface area contributed by atoms with Crippen LogP contribution in [0.15, 0.2) is 43.1 Å². The van der Waals surface area contributed by atoms with Gasteiger partial charge in [0, 0.05) is 0 Å². The van der Waals surface area contributed by atoms with Gasteiger partial charge in [-0.1, -0.05) is 17.3 Å². The molecule has 0 radical (unpaired) electrons.